The van der Waals surface area contributed by atoms with Crippen molar-refractivity contribution < 1.29 is 24.2 Å². The molecule has 6 nitrogen and oxygen atoms in total. The molecule has 0 radical (unpaired) electrons. The van der Waals surface area contributed by atoms with Crippen molar-refractivity contribution in [1.82, 2.24) is 0 Å². The molecule has 6 heteroatoms. The van der Waals surface area contributed by atoms with Crippen LogP contribution in [0.4, 0.5) is 5.69 Å². The van der Waals surface area contributed by atoms with Crippen LogP contribution in [0.5, 0.6) is 5.75 Å². The summed E-state index contributed by atoms with van der Waals surface area (Å²) in [6.07, 6.45) is 5.17. The average Bonchev–Trinajstić information content (AvgIpc) is 2.54. The van der Waals surface area contributed by atoms with Gasteiger partial charge in [0.25, 0.3) is 0 Å². The fourth-order valence-corrected chi connectivity index (χ4v) is 2.14. The Morgan fingerprint density at radius 1 is 1.00 bits per heavy atom. The predicted molar refractivity (Wildman–Crippen MR) is 91.0 cm³/mol. The summed E-state index contributed by atoms with van der Waals surface area (Å²) in [5, 5.41) is 11.2. The fraction of sp³-hybridized carbons (Fsp3) is 0.500. The van der Waals surface area contributed by atoms with Gasteiger partial charge in [-0.1, -0.05) is 44.7 Å². The van der Waals surface area contributed by atoms with Gasteiger partial charge in [-0.25, -0.2) is 0 Å². The fourth-order valence-electron chi connectivity index (χ4n) is 2.14. The van der Waals surface area contributed by atoms with E-state index in [4.69, 9.17) is 9.84 Å². The maximum atomic E-state index is 11.9. The molecular weight excluding hydrogens is 310 g/mol. The maximum Gasteiger partial charge on any atom is 0.311 e. The van der Waals surface area contributed by atoms with Crippen LogP contribution in [-0.2, 0) is 14.4 Å². The number of rotatable bonds is 11. The normalized spacial score (nSPS) is 10.2. The number of esters is 1. The van der Waals surface area contributed by atoms with Crippen LogP contribution in [0, 0.1) is 0 Å². The first kappa shape index (κ1) is 19.7. The molecule has 24 heavy (non-hydrogen) atoms. The molecule has 1 aromatic carbocycles. The summed E-state index contributed by atoms with van der Waals surface area (Å²) in [5.74, 6) is -1.52. The zero-order valence-corrected chi connectivity index (χ0v) is 14.0. The number of amides is 1. The number of aliphatic carboxylic acids is 1. The number of unbranched alkanes of at least 4 members (excludes halogenated alkanes) is 4. The van der Waals surface area contributed by atoms with Gasteiger partial charge >= 0.3 is 11.9 Å². The molecular formula is C18H25NO5. The first-order valence-corrected chi connectivity index (χ1v) is 8.34. The minimum absolute atomic E-state index is 0.130. The van der Waals surface area contributed by atoms with Crippen molar-refractivity contribution in [2.45, 2.75) is 58.3 Å². The van der Waals surface area contributed by atoms with Crippen LogP contribution in [0.2, 0.25) is 0 Å². The van der Waals surface area contributed by atoms with E-state index in [-0.39, 0.29) is 24.6 Å². The smallest absolute Gasteiger partial charge is 0.311 e. The molecule has 0 heterocycles. The molecule has 132 valence electrons. The Morgan fingerprint density at radius 3 is 2.42 bits per heavy atom. The van der Waals surface area contributed by atoms with Crippen LogP contribution in [0.1, 0.15) is 58.3 Å². The average molecular weight is 335 g/mol. The molecule has 0 saturated carbocycles. The Bertz CT molecular complexity index is 556. The molecule has 1 rings (SSSR count). The SMILES string of the molecule is CCCCCCCC(=O)Oc1ccccc1NC(=O)CCC(=O)O. The summed E-state index contributed by atoms with van der Waals surface area (Å²) < 4.78 is 5.31. The van der Waals surface area contributed by atoms with Crippen LogP contribution in [0.15, 0.2) is 24.3 Å². The number of carboxylic acid groups (broad SMARTS) is 1. The highest BCUT2D eigenvalue weighted by Gasteiger charge is 2.12. The number of carbonyl (C=O) groups is 3. The van der Waals surface area contributed by atoms with Crippen LogP contribution < -0.4 is 10.1 Å². The summed E-state index contributed by atoms with van der Waals surface area (Å²) >= 11 is 0. The van der Waals surface area contributed by atoms with Gasteiger partial charge in [0, 0.05) is 12.8 Å². The van der Waals surface area contributed by atoms with Crippen molar-refractivity contribution in [3.63, 3.8) is 0 Å². The standard InChI is InChI=1S/C18H25NO5/c1-2-3-4-5-6-11-18(23)24-15-10-8-7-9-14(15)19-16(20)12-13-17(21)22/h7-10H,2-6,11-13H2,1H3,(H,19,20)(H,21,22). The van der Waals surface area contributed by atoms with E-state index in [0.717, 1.165) is 25.7 Å². The number of hydrogen-bond donors (Lipinski definition) is 2. The zero-order chi connectivity index (χ0) is 17.8. The highest BCUT2D eigenvalue weighted by atomic mass is 16.5. The van der Waals surface area contributed by atoms with Crippen LogP contribution >= 0.6 is 0 Å². The molecule has 0 aliphatic heterocycles. The number of benzene rings is 1. The van der Waals surface area contributed by atoms with Crippen molar-refractivity contribution in [2.24, 2.45) is 0 Å². The van der Waals surface area contributed by atoms with Crippen LogP contribution in [-0.4, -0.2) is 23.0 Å². The van der Waals surface area contributed by atoms with Crippen molar-refractivity contribution in [2.75, 3.05) is 5.32 Å². The quantitative estimate of drug-likeness (QED) is 0.365. The van der Waals surface area contributed by atoms with E-state index in [1.807, 2.05) is 0 Å². The molecule has 0 bridgehead atoms. The minimum Gasteiger partial charge on any atom is -0.481 e. The summed E-state index contributed by atoms with van der Waals surface area (Å²) in [4.78, 5) is 34.1. The third-order valence-electron chi connectivity index (χ3n) is 3.44. The van der Waals surface area contributed by atoms with Gasteiger partial charge in [0.05, 0.1) is 12.1 Å². The summed E-state index contributed by atoms with van der Waals surface area (Å²) in [6.45, 7) is 2.13. The lowest BCUT2D eigenvalue weighted by molar-refractivity contribution is -0.138. The molecule has 0 atom stereocenters. The first-order valence-electron chi connectivity index (χ1n) is 8.34. The topological polar surface area (TPSA) is 92.7 Å². The van der Waals surface area contributed by atoms with Gasteiger partial charge in [0.15, 0.2) is 5.75 Å². The lowest BCUT2D eigenvalue weighted by Gasteiger charge is -2.11. The van der Waals surface area contributed by atoms with Crippen molar-refractivity contribution in [3.05, 3.63) is 24.3 Å². The third kappa shape index (κ3) is 8.31. The lowest BCUT2D eigenvalue weighted by atomic mass is 10.1. The molecule has 0 unspecified atom stereocenters. The van der Waals surface area contributed by atoms with Gasteiger partial charge in [-0.3, -0.25) is 14.4 Å². The van der Waals surface area contributed by atoms with Crippen LogP contribution in [0.25, 0.3) is 0 Å². The molecule has 1 amide bonds. The molecule has 0 aliphatic carbocycles. The van der Waals surface area contributed by atoms with E-state index in [0.29, 0.717) is 12.1 Å². The molecule has 2 N–H and O–H groups in total. The minimum atomic E-state index is -1.03. The van der Waals surface area contributed by atoms with E-state index < -0.39 is 11.9 Å². The molecule has 0 aliphatic rings. The maximum absolute atomic E-state index is 11.9. The van der Waals surface area contributed by atoms with Gasteiger partial charge in [0.1, 0.15) is 0 Å². The van der Waals surface area contributed by atoms with E-state index in [1.54, 1.807) is 24.3 Å². The van der Waals surface area contributed by atoms with Gasteiger partial charge in [0.2, 0.25) is 5.91 Å². The van der Waals surface area contributed by atoms with Gasteiger partial charge in [-0.15, -0.1) is 0 Å². The van der Waals surface area contributed by atoms with E-state index in [2.05, 4.69) is 12.2 Å². The Morgan fingerprint density at radius 2 is 1.71 bits per heavy atom. The van der Waals surface area contributed by atoms with Crippen molar-refractivity contribution in [1.29, 1.82) is 0 Å². The number of carboxylic acids is 1. The Balaban J connectivity index is 2.49. The monoisotopic (exact) mass is 335 g/mol. The van der Waals surface area contributed by atoms with E-state index >= 15 is 0 Å². The highest BCUT2D eigenvalue weighted by molar-refractivity contribution is 5.94. The van der Waals surface area contributed by atoms with Crippen molar-refractivity contribution in [3.8, 4) is 5.75 Å². The lowest BCUT2D eigenvalue weighted by Crippen LogP contribution is -2.15. The molecule has 1 aromatic rings. The Labute approximate surface area is 142 Å². The molecule has 0 fully saturated rings. The summed E-state index contributed by atoms with van der Waals surface area (Å²) in [6, 6.07) is 6.62. The largest absolute Gasteiger partial charge is 0.481 e. The van der Waals surface area contributed by atoms with Crippen LogP contribution in [0.3, 0.4) is 0 Å². The molecule has 0 aromatic heterocycles. The Hall–Kier alpha value is -2.37. The van der Waals surface area contributed by atoms with Gasteiger partial charge in [-0.05, 0) is 18.6 Å². The third-order valence-corrected chi connectivity index (χ3v) is 3.44. The number of para-hydroxylation sites is 2. The second-order valence-electron chi connectivity index (χ2n) is 5.58. The predicted octanol–water partition coefficient (Wildman–Crippen LogP) is 3.76. The number of anilines is 1. The number of ether oxygens (including phenoxy) is 1. The summed E-state index contributed by atoms with van der Waals surface area (Å²) in [7, 11) is 0. The molecule has 0 saturated heterocycles. The Kier molecular flexibility index (Phi) is 9.19. The number of hydrogen-bond acceptors (Lipinski definition) is 4. The summed E-state index contributed by atoms with van der Waals surface area (Å²) in [5.41, 5.74) is 0.368. The zero-order valence-electron chi connectivity index (χ0n) is 14.0. The second kappa shape index (κ2) is 11.2. The first-order chi connectivity index (χ1) is 11.5. The van der Waals surface area contributed by atoms with Gasteiger partial charge in [-0.2, -0.15) is 0 Å². The second-order valence-corrected chi connectivity index (χ2v) is 5.58. The number of carbonyl (C=O) groups excluding carboxylic acids is 2. The molecule has 0 spiro atoms. The van der Waals surface area contributed by atoms with E-state index in [9.17, 15) is 14.4 Å². The number of nitrogens with one attached hydrogen (secondary N) is 1. The van der Waals surface area contributed by atoms with E-state index in [1.165, 1.54) is 6.42 Å². The van der Waals surface area contributed by atoms with Gasteiger partial charge < -0.3 is 15.2 Å². The highest BCUT2D eigenvalue weighted by Crippen LogP contribution is 2.24. The van der Waals surface area contributed by atoms with Crippen molar-refractivity contribution >= 4 is 23.5 Å².